The standard InChI is InChI=1S/C18H13Cl2NO2S/c1-24-15-7-4-12-8-13(17(20)21-16(12)9-15)10-23-18(22)11-2-5-14(19)6-3-11/h2-9H,10H2,1H3. The van der Waals surface area contributed by atoms with E-state index in [4.69, 9.17) is 27.9 Å². The molecular weight excluding hydrogens is 365 g/mol. The zero-order valence-corrected chi connectivity index (χ0v) is 15.1. The summed E-state index contributed by atoms with van der Waals surface area (Å²) in [6.45, 7) is 0.0630. The molecule has 24 heavy (non-hydrogen) atoms. The van der Waals surface area contributed by atoms with Gasteiger partial charge in [0, 0.05) is 20.9 Å². The third kappa shape index (κ3) is 3.83. The van der Waals surface area contributed by atoms with Crippen LogP contribution in [-0.2, 0) is 11.3 Å². The predicted molar refractivity (Wildman–Crippen MR) is 99.1 cm³/mol. The third-order valence-corrected chi connectivity index (χ3v) is 4.79. The molecule has 6 heteroatoms. The van der Waals surface area contributed by atoms with Crippen LogP contribution >= 0.6 is 35.0 Å². The van der Waals surface area contributed by atoms with Crippen molar-refractivity contribution in [1.29, 1.82) is 0 Å². The van der Waals surface area contributed by atoms with Gasteiger partial charge >= 0.3 is 5.97 Å². The molecule has 0 bridgehead atoms. The van der Waals surface area contributed by atoms with Gasteiger partial charge in [-0.1, -0.05) is 29.3 Å². The molecule has 3 nitrogen and oxygen atoms in total. The van der Waals surface area contributed by atoms with Crippen LogP contribution in [0.4, 0.5) is 0 Å². The van der Waals surface area contributed by atoms with Gasteiger partial charge in [-0.2, -0.15) is 0 Å². The Kier molecular flexibility index (Phi) is 5.29. The molecule has 0 unspecified atom stereocenters. The van der Waals surface area contributed by atoms with Crippen molar-refractivity contribution in [2.24, 2.45) is 0 Å². The first-order chi connectivity index (χ1) is 11.6. The maximum Gasteiger partial charge on any atom is 0.338 e. The number of halogens is 2. The summed E-state index contributed by atoms with van der Waals surface area (Å²) in [6.07, 6.45) is 2.01. The molecule has 1 aromatic heterocycles. The van der Waals surface area contributed by atoms with Crippen LogP contribution < -0.4 is 0 Å². The molecule has 1 heterocycles. The van der Waals surface area contributed by atoms with E-state index in [-0.39, 0.29) is 6.61 Å². The van der Waals surface area contributed by atoms with E-state index < -0.39 is 5.97 Å². The topological polar surface area (TPSA) is 39.2 Å². The minimum Gasteiger partial charge on any atom is -0.457 e. The van der Waals surface area contributed by atoms with Gasteiger partial charge < -0.3 is 4.74 Å². The molecule has 0 fully saturated rings. The number of esters is 1. The lowest BCUT2D eigenvalue weighted by Crippen LogP contribution is -2.05. The summed E-state index contributed by atoms with van der Waals surface area (Å²) in [5, 5.41) is 1.86. The number of thioether (sulfide) groups is 1. The number of hydrogen-bond donors (Lipinski definition) is 0. The van der Waals surface area contributed by atoms with Crippen LogP contribution in [0, 0.1) is 0 Å². The van der Waals surface area contributed by atoms with E-state index in [2.05, 4.69) is 4.98 Å². The molecule has 3 rings (SSSR count). The van der Waals surface area contributed by atoms with Crippen molar-refractivity contribution in [1.82, 2.24) is 4.98 Å². The Labute approximate surface area is 153 Å². The average molecular weight is 378 g/mol. The molecular formula is C18H13Cl2NO2S. The molecule has 0 N–H and O–H groups in total. The van der Waals surface area contributed by atoms with Crippen molar-refractivity contribution < 1.29 is 9.53 Å². The SMILES string of the molecule is CSc1ccc2cc(COC(=O)c3ccc(Cl)cc3)c(Cl)nc2c1. The second-order valence-corrected chi connectivity index (χ2v) is 6.75. The molecule has 0 radical (unpaired) electrons. The second kappa shape index (κ2) is 7.43. The van der Waals surface area contributed by atoms with Gasteiger partial charge in [-0.15, -0.1) is 11.8 Å². The fourth-order valence-corrected chi connectivity index (χ4v) is 2.97. The summed E-state index contributed by atoms with van der Waals surface area (Å²) in [5.41, 5.74) is 1.93. The summed E-state index contributed by atoms with van der Waals surface area (Å²) in [6, 6.07) is 14.4. The molecule has 0 amide bonds. The fourth-order valence-electron chi connectivity index (χ4n) is 2.21. The highest BCUT2D eigenvalue weighted by atomic mass is 35.5. The van der Waals surface area contributed by atoms with Crippen LogP contribution in [0.3, 0.4) is 0 Å². The van der Waals surface area contributed by atoms with Gasteiger partial charge in [0.15, 0.2) is 0 Å². The lowest BCUT2D eigenvalue weighted by Gasteiger charge is -2.08. The summed E-state index contributed by atoms with van der Waals surface area (Å²) >= 11 is 13.7. The number of rotatable bonds is 4. The molecule has 0 spiro atoms. The smallest absolute Gasteiger partial charge is 0.338 e. The van der Waals surface area contributed by atoms with Gasteiger partial charge in [-0.05, 0) is 48.7 Å². The number of carbonyl (C=O) groups excluding carboxylic acids is 1. The Morgan fingerprint density at radius 1 is 1.12 bits per heavy atom. The molecule has 0 saturated heterocycles. The van der Waals surface area contributed by atoms with Crippen molar-refractivity contribution in [3.8, 4) is 0 Å². The third-order valence-electron chi connectivity index (χ3n) is 3.49. The van der Waals surface area contributed by atoms with E-state index in [0.29, 0.717) is 21.3 Å². The Hall–Kier alpha value is -1.75. The lowest BCUT2D eigenvalue weighted by atomic mass is 10.1. The van der Waals surface area contributed by atoms with Crippen molar-refractivity contribution in [3.05, 3.63) is 69.8 Å². The summed E-state index contributed by atoms with van der Waals surface area (Å²) in [4.78, 5) is 17.6. The van der Waals surface area contributed by atoms with Crippen LogP contribution in [0.15, 0.2) is 53.4 Å². The average Bonchev–Trinajstić information content (AvgIpc) is 2.59. The number of carbonyl (C=O) groups is 1. The van der Waals surface area contributed by atoms with Crippen LogP contribution in [0.2, 0.25) is 10.2 Å². The normalized spacial score (nSPS) is 10.8. The number of fused-ring (bicyclic) bond motifs is 1. The van der Waals surface area contributed by atoms with Crippen molar-refractivity contribution in [2.45, 2.75) is 11.5 Å². The van der Waals surface area contributed by atoms with Crippen LogP contribution in [0.1, 0.15) is 15.9 Å². The maximum absolute atomic E-state index is 12.1. The van der Waals surface area contributed by atoms with Gasteiger partial charge in [0.25, 0.3) is 0 Å². The van der Waals surface area contributed by atoms with Crippen LogP contribution in [0.25, 0.3) is 10.9 Å². The van der Waals surface area contributed by atoms with E-state index in [1.807, 2.05) is 30.5 Å². The van der Waals surface area contributed by atoms with Gasteiger partial charge in [0.1, 0.15) is 11.8 Å². The molecule has 2 aromatic carbocycles. The summed E-state index contributed by atoms with van der Waals surface area (Å²) < 4.78 is 5.32. The Morgan fingerprint density at radius 3 is 2.58 bits per heavy atom. The second-order valence-electron chi connectivity index (χ2n) is 5.08. The molecule has 3 aromatic rings. The molecule has 0 atom stereocenters. The Balaban J connectivity index is 1.78. The van der Waals surface area contributed by atoms with E-state index in [1.165, 1.54) is 0 Å². The highest BCUT2D eigenvalue weighted by Crippen LogP contribution is 2.25. The fraction of sp³-hybridized carbons (Fsp3) is 0.111. The highest BCUT2D eigenvalue weighted by molar-refractivity contribution is 7.98. The number of nitrogens with zero attached hydrogens (tertiary/aromatic N) is 1. The first kappa shape index (κ1) is 17.1. The highest BCUT2D eigenvalue weighted by Gasteiger charge is 2.11. The van der Waals surface area contributed by atoms with Crippen molar-refractivity contribution in [3.63, 3.8) is 0 Å². The Bertz CT molecular complexity index is 897. The lowest BCUT2D eigenvalue weighted by molar-refractivity contribution is 0.0472. The zero-order chi connectivity index (χ0) is 17.1. The number of hydrogen-bond acceptors (Lipinski definition) is 4. The summed E-state index contributed by atoms with van der Waals surface area (Å²) in [5.74, 6) is -0.430. The number of aromatic nitrogens is 1. The molecule has 0 aliphatic rings. The van der Waals surface area contributed by atoms with Crippen molar-refractivity contribution in [2.75, 3.05) is 6.26 Å². The number of pyridine rings is 1. The van der Waals surface area contributed by atoms with Gasteiger partial charge in [-0.25, -0.2) is 9.78 Å². The van der Waals surface area contributed by atoms with Crippen molar-refractivity contribution >= 4 is 51.8 Å². The molecule has 0 aliphatic heterocycles. The van der Waals surface area contributed by atoms with Gasteiger partial charge in [0.05, 0.1) is 11.1 Å². The first-order valence-corrected chi connectivity index (χ1v) is 9.11. The largest absolute Gasteiger partial charge is 0.457 e. The van der Waals surface area contributed by atoms with Gasteiger partial charge in [0.2, 0.25) is 0 Å². The maximum atomic E-state index is 12.1. The minimum atomic E-state index is -0.430. The monoisotopic (exact) mass is 377 g/mol. The van der Waals surface area contributed by atoms with E-state index in [0.717, 1.165) is 15.8 Å². The first-order valence-electron chi connectivity index (χ1n) is 7.12. The molecule has 122 valence electrons. The van der Waals surface area contributed by atoms with Gasteiger partial charge in [-0.3, -0.25) is 0 Å². The number of ether oxygens (including phenoxy) is 1. The Morgan fingerprint density at radius 2 is 1.88 bits per heavy atom. The van der Waals surface area contributed by atoms with Crippen LogP contribution in [0.5, 0.6) is 0 Å². The van der Waals surface area contributed by atoms with Crippen LogP contribution in [-0.4, -0.2) is 17.2 Å². The quantitative estimate of drug-likeness (QED) is 0.336. The van der Waals surface area contributed by atoms with E-state index >= 15 is 0 Å². The minimum absolute atomic E-state index is 0.0630. The zero-order valence-electron chi connectivity index (χ0n) is 12.8. The molecule has 0 saturated carbocycles. The van der Waals surface area contributed by atoms with E-state index in [9.17, 15) is 4.79 Å². The number of benzene rings is 2. The van der Waals surface area contributed by atoms with E-state index in [1.54, 1.807) is 36.0 Å². The summed E-state index contributed by atoms with van der Waals surface area (Å²) in [7, 11) is 0. The molecule has 0 aliphatic carbocycles. The predicted octanol–water partition coefficient (Wildman–Crippen LogP) is 5.62.